The van der Waals surface area contributed by atoms with Crippen LogP contribution in [0.2, 0.25) is 0 Å². The van der Waals surface area contributed by atoms with Gasteiger partial charge < -0.3 is 4.74 Å². The van der Waals surface area contributed by atoms with E-state index in [1.54, 1.807) is 7.11 Å². The van der Waals surface area contributed by atoms with E-state index in [0.717, 1.165) is 18.9 Å². The minimum absolute atomic E-state index is 0.197. The molecule has 3 nitrogen and oxygen atoms in total. The molecular weight excluding hydrogens is 224 g/mol. The van der Waals surface area contributed by atoms with Crippen molar-refractivity contribution in [3.05, 3.63) is 0 Å². The van der Waals surface area contributed by atoms with E-state index in [2.05, 4.69) is 31.9 Å². The maximum absolute atomic E-state index is 9.33. The van der Waals surface area contributed by atoms with E-state index in [4.69, 9.17) is 4.74 Å². The summed E-state index contributed by atoms with van der Waals surface area (Å²) >= 11 is 0. The number of ether oxygens (including phenoxy) is 1. The molecule has 1 aliphatic carbocycles. The zero-order chi connectivity index (χ0) is 13.5. The van der Waals surface area contributed by atoms with Gasteiger partial charge in [-0.2, -0.15) is 5.26 Å². The molecule has 0 saturated heterocycles. The normalized spacial score (nSPS) is 30.1. The van der Waals surface area contributed by atoms with Crippen molar-refractivity contribution < 1.29 is 4.74 Å². The minimum atomic E-state index is 0.197. The molecule has 1 rings (SSSR count). The molecule has 1 fully saturated rings. The molecule has 0 heterocycles. The van der Waals surface area contributed by atoms with Crippen molar-refractivity contribution >= 4 is 0 Å². The number of hydrogen-bond acceptors (Lipinski definition) is 3. The van der Waals surface area contributed by atoms with Crippen LogP contribution in [0, 0.1) is 23.2 Å². The molecular formula is C15H28N2O. The van der Waals surface area contributed by atoms with E-state index in [1.165, 1.54) is 25.7 Å². The molecule has 0 N–H and O–H groups in total. The van der Waals surface area contributed by atoms with Gasteiger partial charge in [0.1, 0.15) is 0 Å². The third-order valence-electron chi connectivity index (χ3n) is 4.41. The largest absolute Gasteiger partial charge is 0.383 e. The van der Waals surface area contributed by atoms with Crippen LogP contribution >= 0.6 is 0 Å². The molecule has 0 aromatic carbocycles. The highest BCUT2D eigenvalue weighted by Crippen LogP contribution is 2.34. The highest BCUT2D eigenvalue weighted by Gasteiger charge is 2.34. The van der Waals surface area contributed by atoms with Gasteiger partial charge in [0.05, 0.1) is 18.6 Å². The molecule has 3 heteroatoms. The molecule has 4 atom stereocenters. The van der Waals surface area contributed by atoms with Crippen LogP contribution in [0.15, 0.2) is 0 Å². The third-order valence-corrected chi connectivity index (χ3v) is 4.41. The third kappa shape index (κ3) is 3.96. The van der Waals surface area contributed by atoms with Crippen molar-refractivity contribution in [1.29, 1.82) is 5.26 Å². The molecule has 0 aliphatic heterocycles. The van der Waals surface area contributed by atoms with Crippen LogP contribution in [0.1, 0.15) is 46.0 Å². The molecule has 4 unspecified atom stereocenters. The Labute approximate surface area is 112 Å². The lowest BCUT2D eigenvalue weighted by Gasteiger charge is -2.41. The summed E-state index contributed by atoms with van der Waals surface area (Å²) in [6.07, 6.45) is 6.04. The zero-order valence-corrected chi connectivity index (χ0v) is 12.4. The first-order chi connectivity index (χ1) is 8.63. The van der Waals surface area contributed by atoms with E-state index in [9.17, 15) is 5.26 Å². The van der Waals surface area contributed by atoms with Gasteiger partial charge in [-0.1, -0.05) is 19.8 Å². The maximum atomic E-state index is 9.33. The van der Waals surface area contributed by atoms with Crippen LogP contribution in [-0.4, -0.2) is 37.7 Å². The summed E-state index contributed by atoms with van der Waals surface area (Å²) in [7, 11) is 3.89. The molecule has 0 radical (unpaired) electrons. The first-order valence-corrected chi connectivity index (χ1v) is 7.24. The number of nitrogens with zero attached hydrogens (tertiary/aromatic N) is 2. The summed E-state index contributed by atoms with van der Waals surface area (Å²) in [4.78, 5) is 2.36. The lowest BCUT2D eigenvalue weighted by Crippen LogP contribution is -2.47. The Hall–Kier alpha value is -0.590. The number of likely N-dealkylation sites (N-methyl/N-ethyl adjacent to an activating group) is 1. The number of rotatable bonds is 6. The average Bonchev–Trinajstić information content (AvgIpc) is 2.38. The number of methoxy groups -OCH3 is 1. The summed E-state index contributed by atoms with van der Waals surface area (Å²) in [5.74, 6) is 1.00. The summed E-state index contributed by atoms with van der Waals surface area (Å²) in [5.41, 5.74) is 0. The van der Waals surface area contributed by atoms with E-state index >= 15 is 0 Å². The van der Waals surface area contributed by atoms with E-state index in [0.29, 0.717) is 12.1 Å². The monoisotopic (exact) mass is 252 g/mol. The fraction of sp³-hybridized carbons (Fsp3) is 0.933. The topological polar surface area (TPSA) is 36.3 Å². The van der Waals surface area contributed by atoms with Gasteiger partial charge in [-0.3, -0.25) is 4.90 Å². The summed E-state index contributed by atoms with van der Waals surface area (Å²) in [6.45, 7) is 5.17. The predicted octanol–water partition coefficient (Wildman–Crippen LogP) is 3.06. The number of hydrogen-bond donors (Lipinski definition) is 0. The fourth-order valence-electron chi connectivity index (χ4n) is 3.19. The molecule has 0 aromatic rings. The Bertz CT molecular complexity index is 270. The van der Waals surface area contributed by atoms with Gasteiger partial charge >= 0.3 is 0 Å². The quantitative estimate of drug-likeness (QED) is 0.729. The second-order valence-electron chi connectivity index (χ2n) is 5.74. The first kappa shape index (κ1) is 15.5. The Morgan fingerprint density at radius 1 is 1.44 bits per heavy atom. The van der Waals surface area contributed by atoms with Crippen LogP contribution in [-0.2, 0) is 4.74 Å². The van der Waals surface area contributed by atoms with Crippen LogP contribution in [0.4, 0.5) is 0 Å². The predicted molar refractivity (Wildman–Crippen MR) is 74.2 cm³/mol. The van der Waals surface area contributed by atoms with Crippen LogP contribution in [0.25, 0.3) is 0 Å². The van der Waals surface area contributed by atoms with E-state index in [1.807, 2.05) is 0 Å². The van der Waals surface area contributed by atoms with Gasteiger partial charge in [0.15, 0.2) is 0 Å². The Balaban J connectivity index is 2.64. The van der Waals surface area contributed by atoms with Gasteiger partial charge in [0.25, 0.3) is 0 Å². The average molecular weight is 252 g/mol. The second kappa shape index (κ2) is 7.76. The molecule has 0 spiro atoms. The summed E-state index contributed by atoms with van der Waals surface area (Å²) in [5, 5.41) is 9.33. The number of nitriles is 1. The Morgan fingerprint density at radius 3 is 2.72 bits per heavy atom. The first-order valence-electron chi connectivity index (χ1n) is 7.24. The highest BCUT2D eigenvalue weighted by atomic mass is 16.5. The van der Waals surface area contributed by atoms with Crippen molar-refractivity contribution in [2.24, 2.45) is 11.8 Å². The molecule has 1 aliphatic rings. The molecule has 0 amide bonds. The molecule has 0 aromatic heterocycles. The van der Waals surface area contributed by atoms with Crippen molar-refractivity contribution in [3.63, 3.8) is 0 Å². The van der Waals surface area contributed by atoms with Crippen LogP contribution < -0.4 is 0 Å². The molecule has 18 heavy (non-hydrogen) atoms. The molecule has 0 bridgehead atoms. The standard InChI is InChI=1S/C15H28N2O/c1-5-6-13-7-8-14(10-16)15(9-13)17(3)12(2)11-18-4/h12-15H,5-9,11H2,1-4H3. The zero-order valence-electron chi connectivity index (χ0n) is 12.4. The fourth-order valence-corrected chi connectivity index (χ4v) is 3.19. The van der Waals surface area contributed by atoms with Gasteiger partial charge in [0, 0.05) is 19.2 Å². The van der Waals surface area contributed by atoms with E-state index in [-0.39, 0.29) is 5.92 Å². The van der Waals surface area contributed by atoms with Crippen molar-refractivity contribution in [1.82, 2.24) is 4.90 Å². The smallest absolute Gasteiger partial charge is 0.0672 e. The van der Waals surface area contributed by atoms with Gasteiger partial charge in [-0.05, 0) is 39.2 Å². The maximum Gasteiger partial charge on any atom is 0.0672 e. The van der Waals surface area contributed by atoms with Crippen molar-refractivity contribution in [2.45, 2.75) is 58.0 Å². The molecule has 104 valence electrons. The minimum Gasteiger partial charge on any atom is -0.383 e. The SMILES string of the molecule is CCCC1CCC(C#N)C(N(C)C(C)COC)C1. The Kier molecular flexibility index (Phi) is 6.67. The lowest BCUT2D eigenvalue weighted by atomic mass is 9.76. The second-order valence-corrected chi connectivity index (χ2v) is 5.74. The summed E-state index contributed by atoms with van der Waals surface area (Å²) in [6, 6.07) is 3.31. The highest BCUT2D eigenvalue weighted by molar-refractivity contribution is 4.97. The van der Waals surface area contributed by atoms with Gasteiger partial charge in [0.2, 0.25) is 0 Å². The van der Waals surface area contributed by atoms with Crippen LogP contribution in [0.5, 0.6) is 0 Å². The lowest BCUT2D eigenvalue weighted by molar-refractivity contribution is 0.0486. The van der Waals surface area contributed by atoms with Crippen molar-refractivity contribution in [3.8, 4) is 6.07 Å². The van der Waals surface area contributed by atoms with Gasteiger partial charge in [-0.15, -0.1) is 0 Å². The van der Waals surface area contributed by atoms with E-state index < -0.39 is 0 Å². The summed E-state index contributed by atoms with van der Waals surface area (Å²) < 4.78 is 5.23. The van der Waals surface area contributed by atoms with Crippen LogP contribution in [0.3, 0.4) is 0 Å². The van der Waals surface area contributed by atoms with Gasteiger partial charge in [-0.25, -0.2) is 0 Å². The molecule has 1 saturated carbocycles. The van der Waals surface area contributed by atoms with Crippen molar-refractivity contribution in [2.75, 3.05) is 20.8 Å². The Morgan fingerprint density at radius 2 is 2.17 bits per heavy atom.